The van der Waals surface area contributed by atoms with Gasteiger partial charge in [-0.1, -0.05) is 16.9 Å². The Balaban J connectivity index is 1.62. The summed E-state index contributed by atoms with van der Waals surface area (Å²) < 4.78 is 25.1. The van der Waals surface area contributed by atoms with Crippen LogP contribution in [0.3, 0.4) is 0 Å². The van der Waals surface area contributed by atoms with Crippen LogP contribution in [0.4, 0.5) is 10.2 Å². The molecule has 0 saturated carbocycles. The second-order valence-electron chi connectivity index (χ2n) is 6.04. The monoisotopic (exact) mass is 414 g/mol. The van der Waals surface area contributed by atoms with Crippen molar-refractivity contribution in [3.63, 3.8) is 0 Å². The summed E-state index contributed by atoms with van der Waals surface area (Å²) >= 11 is 1.18. The molecule has 0 bridgehead atoms. The van der Waals surface area contributed by atoms with Crippen LogP contribution in [0, 0.1) is 19.7 Å². The van der Waals surface area contributed by atoms with Crippen LogP contribution in [0.2, 0.25) is 0 Å². The van der Waals surface area contributed by atoms with E-state index < -0.39 is 0 Å². The van der Waals surface area contributed by atoms with Crippen LogP contribution in [0.5, 0.6) is 0 Å². The molecule has 148 valence electrons. The number of rotatable bonds is 6. The van der Waals surface area contributed by atoms with Crippen LogP contribution < -0.4 is 5.32 Å². The molecule has 0 unspecified atom stereocenters. The molecule has 1 amide bonds. The maximum Gasteiger partial charge on any atom is 0.236 e. The minimum atomic E-state index is -0.354. The summed E-state index contributed by atoms with van der Waals surface area (Å²) in [6.07, 6.45) is 1.56. The van der Waals surface area contributed by atoms with Crippen LogP contribution in [0.15, 0.2) is 50.8 Å². The number of carbonyl (C=O) groups excluding carboxylic acids is 1. The van der Waals surface area contributed by atoms with Crippen molar-refractivity contribution in [2.24, 2.45) is 0 Å². The van der Waals surface area contributed by atoms with Gasteiger partial charge in [0.1, 0.15) is 17.3 Å². The highest BCUT2D eigenvalue weighted by Gasteiger charge is 2.20. The van der Waals surface area contributed by atoms with E-state index in [1.165, 1.54) is 23.9 Å². The second kappa shape index (κ2) is 7.87. The van der Waals surface area contributed by atoms with Gasteiger partial charge in [0.05, 0.1) is 17.6 Å². The van der Waals surface area contributed by atoms with Gasteiger partial charge >= 0.3 is 0 Å². The van der Waals surface area contributed by atoms with Crippen molar-refractivity contribution >= 4 is 23.5 Å². The predicted molar refractivity (Wildman–Crippen MR) is 102 cm³/mol. The highest BCUT2D eigenvalue weighted by atomic mass is 32.2. The maximum atomic E-state index is 13.4. The van der Waals surface area contributed by atoms with E-state index in [2.05, 4.69) is 30.5 Å². The van der Waals surface area contributed by atoms with E-state index in [-0.39, 0.29) is 23.3 Å². The highest BCUT2D eigenvalue weighted by molar-refractivity contribution is 7.99. The molecule has 0 fully saturated rings. The number of nitrogens with one attached hydrogen (secondary N) is 1. The van der Waals surface area contributed by atoms with Crippen molar-refractivity contribution in [1.82, 2.24) is 25.1 Å². The lowest BCUT2D eigenvalue weighted by molar-refractivity contribution is -0.113. The molecule has 1 aromatic carbocycles. The lowest BCUT2D eigenvalue weighted by Crippen LogP contribution is -2.15. The minimum Gasteiger partial charge on any atom is -0.469 e. The summed E-state index contributed by atoms with van der Waals surface area (Å²) in [6, 6.07) is 7.71. The molecule has 0 aliphatic carbocycles. The Morgan fingerprint density at radius 3 is 2.62 bits per heavy atom. The zero-order valence-corrected chi connectivity index (χ0v) is 16.2. The van der Waals surface area contributed by atoms with Crippen molar-refractivity contribution < 1.29 is 18.2 Å². The van der Waals surface area contributed by atoms with Gasteiger partial charge in [0.2, 0.25) is 5.91 Å². The smallest absolute Gasteiger partial charge is 0.236 e. The standard InChI is InChI=1S/C18H15FN6O3S/c1-10-16(24-28-23-10)20-15(26)9-29-18-22-21-17(14-7-8-27-11(14)2)25(18)13-5-3-12(19)4-6-13/h3-8H,9H2,1-2H3,(H,20,24,26). The number of hydrogen-bond donors (Lipinski definition) is 1. The molecule has 3 aromatic heterocycles. The molecule has 4 rings (SSSR count). The molecule has 0 aliphatic heterocycles. The van der Waals surface area contributed by atoms with Crippen molar-refractivity contribution in [2.45, 2.75) is 19.0 Å². The summed E-state index contributed by atoms with van der Waals surface area (Å²) in [4.78, 5) is 12.3. The van der Waals surface area contributed by atoms with Gasteiger partial charge < -0.3 is 9.73 Å². The van der Waals surface area contributed by atoms with Crippen molar-refractivity contribution in [1.29, 1.82) is 0 Å². The summed E-state index contributed by atoms with van der Waals surface area (Å²) in [7, 11) is 0. The summed E-state index contributed by atoms with van der Waals surface area (Å²) in [5, 5.41) is 18.8. The number of nitrogens with zero attached hydrogens (tertiary/aromatic N) is 5. The van der Waals surface area contributed by atoms with Gasteiger partial charge in [-0.15, -0.1) is 10.2 Å². The van der Waals surface area contributed by atoms with Crippen molar-refractivity contribution in [3.8, 4) is 17.1 Å². The number of halogens is 1. The Kier molecular flexibility index (Phi) is 5.12. The number of anilines is 1. The first-order valence-corrected chi connectivity index (χ1v) is 9.49. The predicted octanol–water partition coefficient (Wildman–Crippen LogP) is 3.40. The first kappa shape index (κ1) is 18.9. The zero-order chi connectivity index (χ0) is 20.4. The van der Waals surface area contributed by atoms with E-state index in [1.54, 1.807) is 36.0 Å². The van der Waals surface area contributed by atoms with Gasteiger partial charge in [0.25, 0.3) is 0 Å². The molecular formula is C18H15FN6O3S. The average Bonchev–Trinajstić information content (AvgIpc) is 3.41. The number of thioether (sulfide) groups is 1. The molecule has 4 aromatic rings. The van der Waals surface area contributed by atoms with Gasteiger partial charge in [-0.25, -0.2) is 9.02 Å². The lowest BCUT2D eigenvalue weighted by atomic mass is 10.2. The third kappa shape index (κ3) is 3.90. The van der Waals surface area contributed by atoms with Gasteiger partial charge in [-0.3, -0.25) is 9.36 Å². The van der Waals surface area contributed by atoms with E-state index >= 15 is 0 Å². The van der Waals surface area contributed by atoms with Crippen LogP contribution in [-0.4, -0.2) is 36.7 Å². The molecule has 9 nitrogen and oxygen atoms in total. The summed E-state index contributed by atoms with van der Waals surface area (Å²) in [5.74, 6) is 0.865. The Hall–Kier alpha value is -3.47. The number of amides is 1. The number of furan rings is 1. The van der Waals surface area contributed by atoms with E-state index in [0.29, 0.717) is 28.1 Å². The number of benzene rings is 1. The molecule has 0 saturated heterocycles. The van der Waals surface area contributed by atoms with Crippen LogP contribution in [0.25, 0.3) is 17.1 Å². The maximum absolute atomic E-state index is 13.4. The molecule has 0 radical (unpaired) electrons. The Labute approximate surface area is 168 Å². The first-order chi connectivity index (χ1) is 14.0. The topological polar surface area (TPSA) is 112 Å². The Morgan fingerprint density at radius 2 is 1.97 bits per heavy atom. The fraction of sp³-hybridized carbons (Fsp3) is 0.167. The van der Waals surface area contributed by atoms with Crippen LogP contribution in [0.1, 0.15) is 11.5 Å². The molecule has 29 heavy (non-hydrogen) atoms. The third-order valence-electron chi connectivity index (χ3n) is 4.06. The fourth-order valence-electron chi connectivity index (χ4n) is 2.62. The summed E-state index contributed by atoms with van der Waals surface area (Å²) in [5.41, 5.74) is 1.89. The molecule has 1 N–H and O–H groups in total. The van der Waals surface area contributed by atoms with E-state index in [4.69, 9.17) is 4.42 Å². The minimum absolute atomic E-state index is 0.0516. The average molecular weight is 414 g/mol. The summed E-state index contributed by atoms with van der Waals surface area (Å²) in [6.45, 7) is 3.48. The highest BCUT2D eigenvalue weighted by Crippen LogP contribution is 2.30. The van der Waals surface area contributed by atoms with Gasteiger partial charge in [0, 0.05) is 5.69 Å². The Bertz CT molecular complexity index is 1150. The quantitative estimate of drug-likeness (QED) is 0.478. The molecule has 0 aliphatic rings. The van der Waals surface area contributed by atoms with Gasteiger partial charge in [-0.2, -0.15) is 0 Å². The van der Waals surface area contributed by atoms with Crippen molar-refractivity contribution in [3.05, 3.63) is 53.9 Å². The zero-order valence-electron chi connectivity index (χ0n) is 15.4. The molecule has 0 atom stereocenters. The van der Waals surface area contributed by atoms with E-state index in [9.17, 15) is 9.18 Å². The molecule has 3 heterocycles. The number of aromatic nitrogens is 5. The fourth-order valence-corrected chi connectivity index (χ4v) is 3.37. The van der Waals surface area contributed by atoms with Gasteiger partial charge in [0.15, 0.2) is 16.8 Å². The van der Waals surface area contributed by atoms with Crippen LogP contribution >= 0.6 is 11.8 Å². The number of aryl methyl sites for hydroxylation is 2. The number of carbonyl (C=O) groups is 1. The molecule has 0 spiro atoms. The molecular weight excluding hydrogens is 399 g/mol. The Morgan fingerprint density at radius 1 is 1.17 bits per heavy atom. The van der Waals surface area contributed by atoms with E-state index in [1.807, 2.05) is 6.92 Å². The van der Waals surface area contributed by atoms with Crippen LogP contribution in [-0.2, 0) is 4.79 Å². The van der Waals surface area contributed by atoms with Gasteiger partial charge in [-0.05, 0) is 49.3 Å². The SMILES string of the molecule is Cc1nonc1NC(=O)CSc1nnc(-c2ccoc2C)n1-c1ccc(F)cc1. The first-order valence-electron chi connectivity index (χ1n) is 8.50. The number of hydrogen-bond acceptors (Lipinski definition) is 8. The molecule has 11 heteroatoms. The second-order valence-corrected chi connectivity index (χ2v) is 6.99. The normalized spacial score (nSPS) is 11.0. The largest absolute Gasteiger partial charge is 0.469 e. The third-order valence-corrected chi connectivity index (χ3v) is 4.99. The van der Waals surface area contributed by atoms with Crippen molar-refractivity contribution in [2.75, 3.05) is 11.1 Å². The lowest BCUT2D eigenvalue weighted by Gasteiger charge is -2.10. The van der Waals surface area contributed by atoms with E-state index in [0.717, 1.165) is 5.56 Å².